The number of carbonyl (C=O) groups is 2. The average Bonchev–Trinajstić information content (AvgIpc) is 2.76. The van der Waals surface area contributed by atoms with Crippen molar-refractivity contribution in [2.24, 2.45) is 0 Å². The molecule has 0 fully saturated rings. The lowest BCUT2D eigenvalue weighted by Gasteiger charge is -2.14. The molecule has 6 heteroatoms. The molecule has 17 heavy (non-hydrogen) atoms. The zero-order valence-electron chi connectivity index (χ0n) is 9.60. The van der Waals surface area contributed by atoms with Gasteiger partial charge in [-0.15, -0.1) is 0 Å². The van der Waals surface area contributed by atoms with Gasteiger partial charge in [0.15, 0.2) is 0 Å². The van der Waals surface area contributed by atoms with Crippen LogP contribution < -0.4 is 10.6 Å². The van der Waals surface area contributed by atoms with Crippen LogP contribution in [-0.4, -0.2) is 23.1 Å². The molecule has 0 unspecified atom stereocenters. The number of aliphatic carboxylic acids is 1. The second-order valence-corrected chi connectivity index (χ2v) is 4.42. The van der Waals surface area contributed by atoms with Crippen LogP contribution in [0.15, 0.2) is 16.8 Å². The summed E-state index contributed by atoms with van der Waals surface area (Å²) in [6, 6.07) is 0.451. The van der Waals surface area contributed by atoms with Crippen LogP contribution in [0.3, 0.4) is 0 Å². The molecule has 0 aliphatic heterocycles. The van der Waals surface area contributed by atoms with Crippen LogP contribution in [-0.2, 0) is 4.79 Å². The van der Waals surface area contributed by atoms with Crippen LogP contribution in [0.1, 0.15) is 26.2 Å². The van der Waals surface area contributed by atoms with E-state index in [-0.39, 0.29) is 0 Å². The summed E-state index contributed by atoms with van der Waals surface area (Å²) in [5.74, 6) is -1.00. The minimum atomic E-state index is -1.00. The first-order chi connectivity index (χ1) is 8.13. The van der Waals surface area contributed by atoms with E-state index >= 15 is 0 Å². The SMILES string of the molecule is CCCC[C@H](NC(=O)Nc1ccsc1)C(=O)O. The molecule has 0 bridgehead atoms. The Morgan fingerprint density at radius 3 is 2.82 bits per heavy atom. The molecule has 1 aromatic heterocycles. The van der Waals surface area contributed by atoms with Crippen LogP contribution in [0.25, 0.3) is 0 Å². The molecule has 2 amide bonds. The Labute approximate surface area is 104 Å². The largest absolute Gasteiger partial charge is 0.480 e. The molecule has 1 aromatic rings. The van der Waals surface area contributed by atoms with Crippen LogP contribution in [0.5, 0.6) is 0 Å². The van der Waals surface area contributed by atoms with Crippen molar-refractivity contribution >= 4 is 29.0 Å². The Bertz CT molecular complexity index is 365. The van der Waals surface area contributed by atoms with E-state index in [0.29, 0.717) is 12.1 Å². The molecule has 5 nitrogen and oxygen atoms in total. The smallest absolute Gasteiger partial charge is 0.326 e. The van der Waals surface area contributed by atoms with E-state index in [1.54, 1.807) is 11.4 Å². The van der Waals surface area contributed by atoms with Crippen molar-refractivity contribution in [3.63, 3.8) is 0 Å². The summed E-state index contributed by atoms with van der Waals surface area (Å²) < 4.78 is 0. The lowest BCUT2D eigenvalue weighted by Crippen LogP contribution is -2.42. The van der Waals surface area contributed by atoms with Gasteiger partial charge >= 0.3 is 12.0 Å². The van der Waals surface area contributed by atoms with Crippen LogP contribution in [0.2, 0.25) is 0 Å². The highest BCUT2D eigenvalue weighted by atomic mass is 32.1. The molecule has 0 saturated carbocycles. The number of rotatable bonds is 6. The van der Waals surface area contributed by atoms with Gasteiger partial charge in [0.1, 0.15) is 6.04 Å². The number of nitrogens with one attached hydrogen (secondary N) is 2. The number of thiophene rings is 1. The quantitative estimate of drug-likeness (QED) is 0.731. The summed E-state index contributed by atoms with van der Waals surface area (Å²) in [5.41, 5.74) is 0.673. The molecule has 0 spiro atoms. The minimum Gasteiger partial charge on any atom is -0.480 e. The number of amides is 2. The van der Waals surface area contributed by atoms with Gasteiger partial charge in [0.2, 0.25) is 0 Å². The number of carboxylic acid groups (broad SMARTS) is 1. The highest BCUT2D eigenvalue weighted by Crippen LogP contribution is 2.11. The van der Waals surface area contributed by atoms with Crippen molar-refractivity contribution in [3.8, 4) is 0 Å². The molecule has 0 aliphatic rings. The number of urea groups is 1. The third kappa shape index (κ3) is 4.86. The van der Waals surface area contributed by atoms with Gasteiger partial charge < -0.3 is 15.7 Å². The van der Waals surface area contributed by atoms with Crippen molar-refractivity contribution < 1.29 is 14.7 Å². The standard InChI is InChI=1S/C11H16N2O3S/c1-2-3-4-9(10(14)15)13-11(16)12-8-5-6-17-7-8/h5-7,9H,2-4H2,1H3,(H,14,15)(H2,12,13,16)/t9-/m0/s1. The van der Waals surface area contributed by atoms with Gasteiger partial charge in [-0.2, -0.15) is 11.3 Å². The maximum absolute atomic E-state index is 11.5. The summed E-state index contributed by atoms with van der Waals surface area (Å²) in [7, 11) is 0. The highest BCUT2D eigenvalue weighted by Gasteiger charge is 2.18. The Balaban J connectivity index is 2.43. The zero-order chi connectivity index (χ0) is 12.7. The third-order valence-corrected chi connectivity index (χ3v) is 2.91. The first-order valence-electron chi connectivity index (χ1n) is 5.46. The first-order valence-corrected chi connectivity index (χ1v) is 6.40. The second-order valence-electron chi connectivity index (χ2n) is 3.64. The van der Waals surface area contributed by atoms with Gasteiger partial charge in [0.25, 0.3) is 0 Å². The third-order valence-electron chi connectivity index (χ3n) is 2.23. The van der Waals surface area contributed by atoms with Gasteiger partial charge in [-0.05, 0) is 17.9 Å². The molecule has 0 radical (unpaired) electrons. The molecular formula is C11H16N2O3S. The van der Waals surface area contributed by atoms with Crippen molar-refractivity contribution in [1.82, 2.24) is 5.32 Å². The molecule has 1 rings (SSSR count). The van der Waals surface area contributed by atoms with E-state index in [9.17, 15) is 9.59 Å². The van der Waals surface area contributed by atoms with Crippen LogP contribution in [0, 0.1) is 0 Å². The van der Waals surface area contributed by atoms with Crippen molar-refractivity contribution in [2.45, 2.75) is 32.2 Å². The number of hydrogen-bond donors (Lipinski definition) is 3. The Kier molecular flexibility index (Phi) is 5.48. The molecule has 3 N–H and O–H groups in total. The molecule has 0 aromatic carbocycles. The number of carboxylic acids is 1. The fourth-order valence-electron chi connectivity index (χ4n) is 1.33. The Morgan fingerprint density at radius 2 is 2.29 bits per heavy atom. The fourth-order valence-corrected chi connectivity index (χ4v) is 1.91. The molecule has 0 saturated heterocycles. The van der Waals surface area contributed by atoms with Crippen molar-refractivity contribution in [2.75, 3.05) is 5.32 Å². The van der Waals surface area contributed by atoms with E-state index in [2.05, 4.69) is 10.6 Å². The van der Waals surface area contributed by atoms with E-state index in [0.717, 1.165) is 12.8 Å². The summed E-state index contributed by atoms with van der Waals surface area (Å²) in [4.78, 5) is 22.4. The van der Waals surface area contributed by atoms with E-state index in [1.165, 1.54) is 11.3 Å². The number of carbonyl (C=O) groups excluding carboxylic acids is 1. The van der Waals surface area contributed by atoms with Crippen molar-refractivity contribution in [1.29, 1.82) is 0 Å². The maximum atomic E-state index is 11.5. The topological polar surface area (TPSA) is 78.4 Å². The molecule has 94 valence electrons. The minimum absolute atomic E-state index is 0.447. The van der Waals surface area contributed by atoms with E-state index < -0.39 is 18.0 Å². The molecule has 1 atom stereocenters. The van der Waals surface area contributed by atoms with Crippen LogP contribution in [0.4, 0.5) is 10.5 Å². The second kappa shape index (κ2) is 6.90. The fraction of sp³-hybridized carbons (Fsp3) is 0.455. The molecular weight excluding hydrogens is 240 g/mol. The predicted molar refractivity (Wildman–Crippen MR) is 67.4 cm³/mol. The first kappa shape index (κ1) is 13.5. The monoisotopic (exact) mass is 256 g/mol. The summed E-state index contributed by atoms with van der Waals surface area (Å²) in [6.07, 6.45) is 2.12. The highest BCUT2D eigenvalue weighted by molar-refractivity contribution is 7.08. The van der Waals surface area contributed by atoms with Gasteiger partial charge in [-0.3, -0.25) is 0 Å². The average molecular weight is 256 g/mol. The van der Waals surface area contributed by atoms with Gasteiger partial charge in [-0.1, -0.05) is 19.8 Å². The lowest BCUT2D eigenvalue weighted by molar-refractivity contribution is -0.139. The Hall–Kier alpha value is -1.56. The summed E-state index contributed by atoms with van der Waals surface area (Å²) in [6.45, 7) is 1.98. The number of hydrogen-bond acceptors (Lipinski definition) is 3. The number of anilines is 1. The van der Waals surface area contributed by atoms with E-state index in [4.69, 9.17) is 5.11 Å². The Morgan fingerprint density at radius 1 is 1.53 bits per heavy atom. The molecule has 0 aliphatic carbocycles. The predicted octanol–water partition coefficient (Wildman–Crippen LogP) is 2.51. The number of unbranched alkanes of at least 4 members (excludes halogenated alkanes) is 1. The van der Waals surface area contributed by atoms with Gasteiger partial charge in [0.05, 0.1) is 5.69 Å². The summed E-state index contributed by atoms with van der Waals surface area (Å²) in [5, 5.41) is 17.6. The molecule has 1 heterocycles. The lowest BCUT2D eigenvalue weighted by atomic mass is 10.1. The van der Waals surface area contributed by atoms with Crippen molar-refractivity contribution in [3.05, 3.63) is 16.8 Å². The van der Waals surface area contributed by atoms with E-state index in [1.807, 2.05) is 12.3 Å². The van der Waals surface area contributed by atoms with Gasteiger partial charge in [-0.25, -0.2) is 9.59 Å². The van der Waals surface area contributed by atoms with Crippen LogP contribution >= 0.6 is 11.3 Å². The van der Waals surface area contributed by atoms with Gasteiger partial charge in [0, 0.05) is 5.38 Å². The summed E-state index contributed by atoms with van der Waals surface area (Å²) >= 11 is 1.46. The zero-order valence-corrected chi connectivity index (χ0v) is 10.4. The maximum Gasteiger partial charge on any atom is 0.326 e. The normalized spacial score (nSPS) is 11.8.